The van der Waals surface area contributed by atoms with Crippen LogP contribution >= 0.6 is 11.3 Å². The summed E-state index contributed by atoms with van der Waals surface area (Å²) in [5, 5.41) is 12.1. The van der Waals surface area contributed by atoms with E-state index in [-0.39, 0.29) is 11.4 Å². The van der Waals surface area contributed by atoms with E-state index in [9.17, 15) is 31.4 Å². The fourth-order valence-corrected chi connectivity index (χ4v) is 4.21. The molecule has 0 saturated carbocycles. The van der Waals surface area contributed by atoms with Gasteiger partial charge in [0.2, 0.25) is 5.75 Å². The first kappa shape index (κ1) is 25.7. The Hall–Kier alpha value is -3.41. The molecule has 0 saturated heterocycles. The molecule has 1 unspecified atom stereocenters. The molecule has 3 aromatic rings. The molecule has 0 spiro atoms. The number of hydrogen-bond donors (Lipinski definition) is 2. The predicted molar refractivity (Wildman–Crippen MR) is 123 cm³/mol. The number of halogens is 6. The molecule has 0 aliphatic heterocycles. The molecule has 5 nitrogen and oxygen atoms in total. The zero-order valence-corrected chi connectivity index (χ0v) is 19.5. The number of aromatic hydroxyl groups is 1. The number of benzene rings is 1. The van der Waals surface area contributed by atoms with Gasteiger partial charge >= 0.3 is 12.4 Å². The highest BCUT2D eigenvalue weighted by Gasteiger charge is 2.32. The molecule has 2 N–H and O–H groups in total. The smallest absolute Gasteiger partial charge is 0.422 e. The van der Waals surface area contributed by atoms with Crippen LogP contribution in [0.15, 0.2) is 47.9 Å². The lowest BCUT2D eigenvalue weighted by molar-refractivity contribution is -0.154. The van der Waals surface area contributed by atoms with Gasteiger partial charge in [-0.1, -0.05) is 31.2 Å². The maximum absolute atomic E-state index is 12.7. The summed E-state index contributed by atoms with van der Waals surface area (Å²) in [6.07, 6.45) is -2.75. The van der Waals surface area contributed by atoms with E-state index in [1.54, 1.807) is 0 Å². The number of nitrogens with zero attached hydrogens (tertiary/aromatic N) is 1. The van der Waals surface area contributed by atoms with Crippen molar-refractivity contribution in [2.45, 2.75) is 25.7 Å². The van der Waals surface area contributed by atoms with E-state index in [1.807, 2.05) is 35.7 Å². The number of hydrogen-bond acceptors (Lipinski definition) is 5. The van der Waals surface area contributed by atoms with Gasteiger partial charge < -0.3 is 19.6 Å². The van der Waals surface area contributed by atoms with Gasteiger partial charge in [-0.25, -0.2) is 4.98 Å². The van der Waals surface area contributed by atoms with Crippen molar-refractivity contribution < 1.29 is 40.9 Å². The molecule has 36 heavy (non-hydrogen) atoms. The van der Waals surface area contributed by atoms with Crippen LogP contribution in [0.1, 0.15) is 19.0 Å². The Balaban J connectivity index is 1.80. The Kier molecular flexibility index (Phi) is 7.07. The van der Waals surface area contributed by atoms with Crippen molar-refractivity contribution >= 4 is 16.9 Å². The molecule has 1 aromatic carbocycles. The third-order valence-corrected chi connectivity index (χ3v) is 6.04. The van der Waals surface area contributed by atoms with Gasteiger partial charge in [0, 0.05) is 5.56 Å². The van der Waals surface area contributed by atoms with Crippen LogP contribution in [0.2, 0.25) is 0 Å². The standard InChI is InChI=1S/C24H20F6N2O3S/c1-13-4-6-14(7-5-13)19-20(18-3-2-8-36-18)32-22(31-19)15-9-16(34-11-23(25,26)27)21(33)17(10-15)35-12-24(28,29)30/h2-4,6-10,13,33H,5,11-12H2,1H3,(H,31,32). The van der Waals surface area contributed by atoms with Crippen molar-refractivity contribution in [3.8, 4) is 39.2 Å². The lowest BCUT2D eigenvalue weighted by atomic mass is 9.96. The number of imidazole rings is 1. The first-order valence-electron chi connectivity index (χ1n) is 10.7. The predicted octanol–water partition coefficient (Wildman–Crippen LogP) is 7.37. The number of rotatable bonds is 7. The lowest BCUT2D eigenvalue weighted by Crippen LogP contribution is -2.20. The van der Waals surface area contributed by atoms with E-state index in [4.69, 9.17) is 0 Å². The minimum atomic E-state index is -4.74. The van der Waals surface area contributed by atoms with Crippen LogP contribution in [-0.4, -0.2) is 40.6 Å². The highest BCUT2D eigenvalue weighted by atomic mass is 32.1. The first-order valence-corrected chi connectivity index (χ1v) is 11.6. The second kappa shape index (κ2) is 9.92. The quantitative estimate of drug-likeness (QED) is 0.313. The van der Waals surface area contributed by atoms with Crippen molar-refractivity contribution in [2.24, 2.45) is 5.92 Å². The summed E-state index contributed by atoms with van der Waals surface area (Å²) < 4.78 is 85.7. The average Bonchev–Trinajstić information content (AvgIpc) is 3.47. The van der Waals surface area contributed by atoms with Gasteiger partial charge in [-0.3, -0.25) is 0 Å². The maximum atomic E-state index is 12.7. The maximum Gasteiger partial charge on any atom is 0.422 e. The number of phenolic OH excluding ortho intramolecular Hbond substituents is 1. The second-order valence-corrected chi connectivity index (χ2v) is 9.09. The third-order valence-electron chi connectivity index (χ3n) is 5.15. The first-order chi connectivity index (χ1) is 16.9. The molecule has 2 heterocycles. The number of ether oxygens (including phenoxy) is 2. The van der Waals surface area contributed by atoms with Crippen molar-refractivity contribution in [3.05, 3.63) is 53.6 Å². The number of phenols is 1. The summed E-state index contributed by atoms with van der Waals surface area (Å²) in [5.41, 5.74) is 2.09. The van der Waals surface area contributed by atoms with Crippen LogP contribution < -0.4 is 9.47 Å². The summed E-state index contributed by atoms with van der Waals surface area (Å²) in [6.45, 7) is -1.47. The van der Waals surface area contributed by atoms with Gasteiger partial charge in [-0.2, -0.15) is 26.3 Å². The molecule has 192 valence electrons. The van der Waals surface area contributed by atoms with Crippen LogP contribution in [0, 0.1) is 5.92 Å². The summed E-state index contributed by atoms with van der Waals surface area (Å²) >= 11 is 1.43. The zero-order chi connectivity index (χ0) is 26.1. The lowest BCUT2D eigenvalue weighted by Gasteiger charge is -2.16. The third kappa shape index (κ3) is 6.23. The Morgan fingerprint density at radius 1 is 1.08 bits per heavy atom. The average molecular weight is 530 g/mol. The molecule has 12 heteroatoms. The minimum absolute atomic E-state index is 0.0694. The highest BCUT2D eigenvalue weighted by Crippen LogP contribution is 2.43. The topological polar surface area (TPSA) is 67.4 Å². The largest absolute Gasteiger partial charge is 0.502 e. The molecule has 0 bridgehead atoms. The molecule has 1 aliphatic carbocycles. The molecular weight excluding hydrogens is 510 g/mol. The van der Waals surface area contributed by atoms with E-state index in [0.29, 0.717) is 17.3 Å². The molecule has 1 atom stereocenters. The minimum Gasteiger partial charge on any atom is -0.502 e. The molecule has 2 aromatic heterocycles. The van der Waals surface area contributed by atoms with Crippen molar-refractivity contribution in [1.29, 1.82) is 0 Å². The number of aromatic amines is 1. The summed E-state index contributed by atoms with van der Waals surface area (Å²) in [5.74, 6) is -1.87. The Labute approximate surface area is 205 Å². The normalized spacial score (nSPS) is 16.2. The molecule has 0 amide bonds. The van der Waals surface area contributed by atoms with Gasteiger partial charge in [0.05, 0.1) is 16.3 Å². The molecule has 0 fully saturated rings. The molecule has 4 rings (SSSR count). The van der Waals surface area contributed by atoms with Gasteiger partial charge in [0.1, 0.15) is 5.82 Å². The highest BCUT2D eigenvalue weighted by molar-refractivity contribution is 7.13. The van der Waals surface area contributed by atoms with Crippen molar-refractivity contribution in [3.63, 3.8) is 0 Å². The number of thiophene rings is 1. The fourth-order valence-electron chi connectivity index (χ4n) is 3.48. The van der Waals surface area contributed by atoms with Crippen LogP contribution in [0.3, 0.4) is 0 Å². The van der Waals surface area contributed by atoms with Crippen molar-refractivity contribution in [1.82, 2.24) is 9.97 Å². The van der Waals surface area contributed by atoms with E-state index < -0.39 is 42.8 Å². The molecule has 0 radical (unpaired) electrons. The van der Waals surface area contributed by atoms with Crippen LogP contribution in [0.5, 0.6) is 17.2 Å². The number of aromatic nitrogens is 2. The summed E-state index contributed by atoms with van der Waals surface area (Å²) in [7, 11) is 0. The van der Waals surface area contributed by atoms with Gasteiger partial charge in [-0.15, -0.1) is 11.3 Å². The van der Waals surface area contributed by atoms with Crippen LogP contribution in [-0.2, 0) is 0 Å². The van der Waals surface area contributed by atoms with E-state index in [0.717, 1.165) is 29.0 Å². The Morgan fingerprint density at radius 3 is 2.22 bits per heavy atom. The monoisotopic (exact) mass is 530 g/mol. The number of nitrogens with one attached hydrogen (secondary N) is 1. The van der Waals surface area contributed by atoms with E-state index in [2.05, 4.69) is 26.4 Å². The van der Waals surface area contributed by atoms with Gasteiger partial charge in [0.15, 0.2) is 24.7 Å². The second-order valence-electron chi connectivity index (χ2n) is 8.15. The number of alkyl halides is 6. The van der Waals surface area contributed by atoms with Crippen molar-refractivity contribution in [2.75, 3.05) is 13.2 Å². The van der Waals surface area contributed by atoms with Gasteiger partial charge in [0.25, 0.3) is 0 Å². The number of allylic oxidation sites excluding steroid dienone is 4. The number of H-pyrrole nitrogens is 1. The van der Waals surface area contributed by atoms with E-state index >= 15 is 0 Å². The molecule has 1 aliphatic rings. The summed E-state index contributed by atoms with van der Waals surface area (Å²) in [6, 6.07) is 5.82. The molecular formula is C24H20F6N2O3S. The van der Waals surface area contributed by atoms with E-state index in [1.165, 1.54) is 11.3 Å². The summed E-state index contributed by atoms with van der Waals surface area (Å²) in [4.78, 5) is 8.56. The SMILES string of the molecule is CC1C=CC(c2nc(-c3cc(OCC(F)(F)F)c(O)c(OCC(F)(F)F)c3)[nH]c2-c2cccs2)=CC1. The van der Waals surface area contributed by atoms with Gasteiger partial charge in [-0.05, 0) is 41.5 Å². The van der Waals surface area contributed by atoms with Crippen LogP contribution in [0.25, 0.3) is 27.5 Å². The van der Waals surface area contributed by atoms with Crippen LogP contribution in [0.4, 0.5) is 26.3 Å². The zero-order valence-electron chi connectivity index (χ0n) is 18.7. The fraction of sp³-hybridized carbons (Fsp3) is 0.292. The Bertz CT molecular complexity index is 1240. The Morgan fingerprint density at radius 2 is 1.72 bits per heavy atom.